The maximum absolute atomic E-state index is 4.52. The number of rotatable bonds is 6. The minimum absolute atomic E-state index is 0.603. The first-order valence-electron chi connectivity index (χ1n) is 6.36. The summed E-state index contributed by atoms with van der Waals surface area (Å²) in [5, 5.41) is 10.8. The van der Waals surface area contributed by atoms with Crippen molar-refractivity contribution in [1.82, 2.24) is 25.1 Å². The van der Waals surface area contributed by atoms with E-state index >= 15 is 0 Å². The second-order valence-electron chi connectivity index (χ2n) is 4.83. The van der Waals surface area contributed by atoms with Crippen LogP contribution in [0.4, 0.5) is 11.8 Å². The van der Waals surface area contributed by atoms with Crippen molar-refractivity contribution in [3.05, 3.63) is 6.20 Å². The molecule has 0 bridgehead atoms. The van der Waals surface area contributed by atoms with Crippen molar-refractivity contribution < 1.29 is 0 Å². The van der Waals surface area contributed by atoms with E-state index < -0.39 is 0 Å². The van der Waals surface area contributed by atoms with Gasteiger partial charge in [-0.25, -0.2) is 0 Å². The minimum Gasteiger partial charge on any atom is -0.359 e. The van der Waals surface area contributed by atoms with Crippen LogP contribution in [0.15, 0.2) is 6.20 Å². The molecule has 0 radical (unpaired) electrons. The van der Waals surface area contributed by atoms with Gasteiger partial charge in [0.25, 0.3) is 0 Å². The van der Waals surface area contributed by atoms with Gasteiger partial charge in [0.15, 0.2) is 5.65 Å². The van der Waals surface area contributed by atoms with Crippen LogP contribution >= 0.6 is 0 Å². The number of H-pyrrole nitrogens is 1. The molecule has 0 spiro atoms. The monoisotopic (exact) mass is 263 g/mol. The van der Waals surface area contributed by atoms with E-state index in [1.807, 2.05) is 14.1 Å². The fraction of sp³-hybridized carbons (Fsp3) is 0.583. The lowest BCUT2D eigenvalue weighted by Crippen LogP contribution is -2.24. The molecule has 0 unspecified atom stereocenters. The highest BCUT2D eigenvalue weighted by Gasteiger charge is 2.12. The molecule has 104 valence electrons. The standard InChI is InChI=1S/C12H21N7/c1-13-12-15-10-9(8-14-17-10)11(16-12)19(4)7-5-6-18(2)3/h8H,5-7H2,1-4H3,(H2,13,14,15,16,17). The number of nitrogens with one attached hydrogen (secondary N) is 2. The average molecular weight is 263 g/mol. The molecular weight excluding hydrogens is 242 g/mol. The van der Waals surface area contributed by atoms with Crippen molar-refractivity contribution in [1.29, 1.82) is 0 Å². The molecule has 0 aliphatic rings. The third-order valence-corrected chi connectivity index (χ3v) is 2.97. The summed E-state index contributed by atoms with van der Waals surface area (Å²) in [4.78, 5) is 13.2. The van der Waals surface area contributed by atoms with Gasteiger partial charge in [-0.15, -0.1) is 0 Å². The molecule has 0 aliphatic carbocycles. The molecule has 0 saturated heterocycles. The molecule has 0 aliphatic heterocycles. The van der Waals surface area contributed by atoms with Gasteiger partial charge in [-0.05, 0) is 27.1 Å². The SMILES string of the molecule is CNc1nc(N(C)CCCN(C)C)c2cn[nH]c2n1. The highest BCUT2D eigenvalue weighted by atomic mass is 15.2. The zero-order valence-corrected chi connectivity index (χ0v) is 11.9. The Balaban J connectivity index is 2.19. The molecule has 0 fully saturated rings. The predicted octanol–water partition coefficient (Wildman–Crippen LogP) is 0.782. The van der Waals surface area contributed by atoms with Crippen LogP contribution in [-0.4, -0.2) is 66.3 Å². The Morgan fingerprint density at radius 3 is 2.68 bits per heavy atom. The molecule has 19 heavy (non-hydrogen) atoms. The Kier molecular flexibility index (Phi) is 4.16. The third kappa shape index (κ3) is 3.11. The Morgan fingerprint density at radius 1 is 1.21 bits per heavy atom. The third-order valence-electron chi connectivity index (χ3n) is 2.97. The van der Waals surface area contributed by atoms with E-state index in [2.05, 4.69) is 49.4 Å². The number of anilines is 2. The van der Waals surface area contributed by atoms with Crippen LogP contribution in [0.1, 0.15) is 6.42 Å². The summed E-state index contributed by atoms with van der Waals surface area (Å²) in [7, 11) is 8.02. The van der Waals surface area contributed by atoms with Crippen LogP contribution in [0.2, 0.25) is 0 Å². The van der Waals surface area contributed by atoms with Gasteiger partial charge in [-0.1, -0.05) is 0 Å². The summed E-state index contributed by atoms with van der Waals surface area (Å²) in [6.45, 7) is 2.00. The van der Waals surface area contributed by atoms with Gasteiger partial charge in [-0.3, -0.25) is 5.10 Å². The van der Waals surface area contributed by atoms with Crippen molar-refractivity contribution in [2.75, 3.05) is 51.5 Å². The van der Waals surface area contributed by atoms with Crippen LogP contribution in [0.25, 0.3) is 11.0 Å². The molecule has 2 rings (SSSR count). The van der Waals surface area contributed by atoms with Gasteiger partial charge in [0.1, 0.15) is 5.82 Å². The molecule has 2 heterocycles. The quantitative estimate of drug-likeness (QED) is 0.802. The lowest BCUT2D eigenvalue weighted by Gasteiger charge is -2.20. The van der Waals surface area contributed by atoms with E-state index in [0.29, 0.717) is 5.95 Å². The summed E-state index contributed by atoms with van der Waals surface area (Å²) < 4.78 is 0. The van der Waals surface area contributed by atoms with E-state index in [-0.39, 0.29) is 0 Å². The molecule has 2 N–H and O–H groups in total. The molecule has 7 heteroatoms. The number of hydrogen-bond donors (Lipinski definition) is 2. The van der Waals surface area contributed by atoms with Crippen LogP contribution in [0.3, 0.4) is 0 Å². The first kappa shape index (κ1) is 13.5. The van der Waals surface area contributed by atoms with Gasteiger partial charge in [0, 0.05) is 20.6 Å². The van der Waals surface area contributed by atoms with E-state index in [4.69, 9.17) is 0 Å². The molecule has 7 nitrogen and oxygen atoms in total. The van der Waals surface area contributed by atoms with Crippen molar-refractivity contribution in [2.45, 2.75) is 6.42 Å². The largest absolute Gasteiger partial charge is 0.359 e. The van der Waals surface area contributed by atoms with Crippen molar-refractivity contribution in [2.24, 2.45) is 0 Å². The first-order chi connectivity index (χ1) is 9.11. The highest BCUT2D eigenvalue weighted by molar-refractivity contribution is 5.87. The number of fused-ring (bicyclic) bond motifs is 1. The van der Waals surface area contributed by atoms with Crippen molar-refractivity contribution >= 4 is 22.8 Å². The molecule has 0 atom stereocenters. The maximum Gasteiger partial charge on any atom is 0.226 e. The Labute approximate surface area is 113 Å². The van der Waals surface area contributed by atoms with E-state index in [9.17, 15) is 0 Å². The fourth-order valence-corrected chi connectivity index (χ4v) is 1.95. The number of hydrogen-bond acceptors (Lipinski definition) is 6. The molecular formula is C12H21N7. The Bertz CT molecular complexity index is 534. The number of aromatic amines is 1. The average Bonchev–Trinajstić information content (AvgIpc) is 2.84. The Morgan fingerprint density at radius 2 is 2.00 bits per heavy atom. The topological polar surface area (TPSA) is 73.0 Å². The van der Waals surface area contributed by atoms with Crippen LogP contribution in [0, 0.1) is 0 Å². The van der Waals surface area contributed by atoms with Crippen molar-refractivity contribution in [3.8, 4) is 0 Å². The molecule has 0 saturated carbocycles. The number of nitrogens with zero attached hydrogens (tertiary/aromatic N) is 5. The van der Waals surface area contributed by atoms with Crippen LogP contribution < -0.4 is 10.2 Å². The highest BCUT2D eigenvalue weighted by Crippen LogP contribution is 2.22. The number of aromatic nitrogens is 4. The van der Waals surface area contributed by atoms with Gasteiger partial charge in [0.2, 0.25) is 5.95 Å². The van der Waals surface area contributed by atoms with Crippen molar-refractivity contribution in [3.63, 3.8) is 0 Å². The molecule has 2 aromatic rings. The van der Waals surface area contributed by atoms with E-state index in [0.717, 1.165) is 36.4 Å². The second kappa shape index (κ2) is 5.83. The zero-order valence-electron chi connectivity index (χ0n) is 11.9. The summed E-state index contributed by atoms with van der Waals surface area (Å²) in [6, 6.07) is 0. The fourth-order valence-electron chi connectivity index (χ4n) is 1.95. The maximum atomic E-state index is 4.52. The molecule has 2 aromatic heterocycles. The van der Waals surface area contributed by atoms with Crippen LogP contribution in [-0.2, 0) is 0 Å². The minimum atomic E-state index is 0.603. The van der Waals surface area contributed by atoms with Crippen LogP contribution in [0.5, 0.6) is 0 Å². The normalized spacial score (nSPS) is 11.2. The van der Waals surface area contributed by atoms with Gasteiger partial charge < -0.3 is 15.1 Å². The zero-order chi connectivity index (χ0) is 13.8. The van der Waals surface area contributed by atoms with Gasteiger partial charge >= 0.3 is 0 Å². The summed E-state index contributed by atoms with van der Waals surface area (Å²) in [6.07, 6.45) is 2.86. The lowest BCUT2D eigenvalue weighted by atomic mass is 10.3. The van der Waals surface area contributed by atoms with Gasteiger partial charge in [0.05, 0.1) is 11.6 Å². The predicted molar refractivity (Wildman–Crippen MR) is 77.7 cm³/mol. The molecule has 0 amide bonds. The summed E-state index contributed by atoms with van der Waals surface area (Å²) in [5.41, 5.74) is 0.758. The van der Waals surface area contributed by atoms with E-state index in [1.54, 1.807) is 6.20 Å². The summed E-state index contributed by atoms with van der Waals surface area (Å²) in [5.74, 6) is 1.51. The van der Waals surface area contributed by atoms with E-state index in [1.165, 1.54) is 0 Å². The second-order valence-corrected chi connectivity index (χ2v) is 4.83. The summed E-state index contributed by atoms with van der Waals surface area (Å²) >= 11 is 0. The molecule has 0 aromatic carbocycles. The van der Waals surface area contributed by atoms with Gasteiger partial charge in [-0.2, -0.15) is 15.1 Å². The Hall–Kier alpha value is -1.89. The first-order valence-corrected chi connectivity index (χ1v) is 6.36. The lowest BCUT2D eigenvalue weighted by molar-refractivity contribution is 0.401. The smallest absolute Gasteiger partial charge is 0.226 e.